The number of carbonyl (C=O) groups is 2. The Balaban J connectivity index is 1.75. The molecule has 5 nitrogen and oxygen atoms in total. The van der Waals surface area contributed by atoms with E-state index >= 15 is 0 Å². The van der Waals surface area contributed by atoms with Gasteiger partial charge in [-0.2, -0.15) is 0 Å². The SMILES string of the molecule is CC(=O)N[C@H]1CC[C@](CNC(=O)Cc2ccccc2F)(c2ccccc2)CC[C@@H]1O. The number of amides is 2. The third-order valence-corrected chi connectivity index (χ3v) is 6.02. The van der Waals surface area contributed by atoms with E-state index in [-0.39, 0.29) is 35.5 Å². The number of aliphatic hydroxyl groups excluding tert-OH is 1. The van der Waals surface area contributed by atoms with E-state index in [4.69, 9.17) is 0 Å². The Bertz CT molecular complexity index is 874. The van der Waals surface area contributed by atoms with Gasteiger partial charge in [-0.05, 0) is 42.9 Å². The molecule has 2 aromatic carbocycles. The summed E-state index contributed by atoms with van der Waals surface area (Å²) in [7, 11) is 0. The van der Waals surface area contributed by atoms with Gasteiger partial charge in [0, 0.05) is 18.9 Å². The van der Waals surface area contributed by atoms with Crippen molar-refractivity contribution in [1.82, 2.24) is 10.6 Å². The number of hydrogen-bond acceptors (Lipinski definition) is 3. The van der Waals surface area contributed by atoms with Gasteiger partial charge in [0.1, 0.15) is 5.82 Å². The Hall–Kier alpha value is -2.73. The molecule has 1 fully saturated rings. The Morgan fingerprint density at radius 2 is 1.73 bits per heavy atom. The molecule has 3 atom stereocenters. The van der Waals surface area contributed by atoms with Crippen LogP contribution >= 0.6 is 0 Å². The van der Waals surface area contributed by atoms with Crippen molar-refractivity contribution < 1.29 is 19.1 Å². The maximum absolute atomic E-state index is 13.9. The van der Waals surface area contributed by atoms with Crippen LogP contribution in [-0.2, 0) is 21.4 Å². The highest BCUT2D eigenvalue weighted by atomic mass is 19.1. The first-order valence-electron chi connectivity index (χ1n) is 10.4. The quantitative estimate of drug-likeness (QED) is 0.639. The predicted molar refractivity (Wildman–Crippen MR) is 113 cm³/mol. The number of halogens is 1. The summed E-state index contributed by atoms with van der Waals surface area (Å²) >= 11 is 0. The molecule has 160 valence electrons. The molecule has 30 heavy (non-hydrogen) atoms. The van der Waals surface area contributed by atoms with Crippen LogP contribution in [0.3, 0.4) is 0 Å². The monoisotopic (exact) mass is 412 g/mol. The Kier molecular flexibility index (Phi) is 7.21. The highest BCUT2D eigenvalue weighted by Crippen LogP contribution is 2.38. The van der Waals surface area contributed by atoms with Crippen LogP contribution in [0, 0.1) is 5.82 Å². The lowest BCUT2D eigenvalue weighted by molar-refractivity contribution is -0.121. The number of aliphatic hydroxyl groups is 1. The summed E-state index contributed by atoms with van der Waals surface area (Å²) in [4.78, 5) is 24.1. The van der Waals surface area contributed by atoms with E-state index < -0.39 is 6.10 Å². The summed E-state index contributed by atoms with van der Waals surface area (Å²) in [6, 6.07) is 15.9. The lowest BCUT2D eigenvalue weighted by Gasteiger charge is -2.34. The van der Waals surface area contributed by atoms with E-state index in [1.165, 1.54) is 13.0 Å². The predicted octanol–water partition coefficient (Wildman–Crippen LogP) is 2.86. The molecule has 0 spiro atoms. The second-order valence-corrected chi connectivity index (χ2v) is 8.14. The van der Waals surface area contributed by atoms with Crippen molar-refractivity contribution in [3.05, 3.63) is 71.5 Å². The van der Waals surface area contributed by atoms with Gasteiger partial charge in [-0.15, -0.1) is 0 Å². The van der Waals surface area contributed by atoms with Crippen LogP contribution in [0.1, 0.15) is 43.7 Å². The van der Waals surface area contributed by atoms with E-state index in [9.17, 15) is 19.1 Å². The maximum atomic E-state index is 13.9. The van der Waals surface area contributed by atoms with Crippen molar-refractivity contribution in [2.75, 3.05) is 6.54 Å². The minimum absolute atomic E-state index is 0.0192. The standard InChI is InChI=1S/C24H29FN2O3/c1-17(28)27-21-11-13-24(14-12-22(21)29,19-8-3-2-4-9-19)16-26-23(30)15-18-7-5-6-10-20(18)25/h2-10,21-22,29H,11-16H2,1H3,(H,26,30)(H,27,28)/t21-,22-,24-/m0/s1. The van der Waals surface area contributed by atoms with Gasteiger partial charge >= 0.3 is 0 Å². The topological polar surface area (TPSA) is 78.4 Å². The molecule has 0 saturated heterocycles. The Morgan fingerprint density at radius 3 is 2.43 bits per heavy atom. The summed E-state index contributed by atoms with van der Waals surface area (Å²) in [6.07, 6.45) is 1.86. The molecule has 2 aromatic rings. The van der Waals surface area contributed by atoms with Crippen molar-refractivity contribution in [1.29, 1.82) is 0 Å². The molecule has 0 radical (unpaired) electrons. The second-order valence-electron chi connectivity index (χ2n) is 8.14. The summed E-state index contributed by atoms with van der Waals surface area (Å²) < 4.78 is 13.9. The van der Waals surface area contributed by atoms with Crippen LogP contribution in [0.25, 0.3) is 0 Å². The van der Waals surface area contributed by atoms with Crippen molar-refractivity contribution >= 4 is 11.8 Å². The van der Waals surface area contributed by atoms with Crippen molar-refractivity contribution in [3.8, 4) is 0 Å². The largest absolute Gasteiger partial charge is 0.391 e. The van der Waals surface area contributed by atoms with Crippen molar-refractivity contribution in [2.45, 2.75) is 56.6 Å². The van der Waals surface area contributed by atoms with E-state index in [2.05, 4.69) is 10.6 Å². The molecule has 6 heteroatoms. The molecular weight excluding hydrogens is 383 g/mol. The number of carbonyl (C=O) groups excluding carboxylic acids is 2. The Labute approximate surface area is 176 Å². The lowest BCUT2D eigenvalue weighted by atomic mass is 9.74. The fraction of sp³-hybridized carbons (Fsp3) is 0.417. The Morgan fingerprint density at radius 1 is 1.07 bits per heavy atom. The molecule has 2 amide bonds. The average Bonchev–Trinajstić information content (AvgIpc) is 2.89. The van der Waals surface area contributed by atoms with Crippen LogP contribution in [0.5, 0.6) is 0 Å². The van der Waals surface area contributed by atoms with Gasteiger partial charge in [0.2, 0.25) is 11.8 Å². The molecule has 3 N–H and O–H groups in total. The van der Waals surface area contributed by atoms with E-state index in [1.54, 1.807) is 18.2 Å². The first-order valence-corrected chi connectivity index (χ1v) is 10.4. The zero-order valence-corrected chi connectivity index (χ0v) is 17.2. The number of nitrogens with one attached hydrogen (secondary N) is 2. The third kappa shape index (κ3) is 5.45. The summed E-state index contributed by atoms with van der Waals surface area (Å²) in [5.74, 6) is -0.788. The molecule has 3 rings (SSSR count). The minimum atomic E-state index is -0.631. The minimum Gasteiger partial charge on any atom is -0.391 e. The van der Waals surface area contributed by atoms with Crippen molar-refractivity contribution in [3.63, 3.8) is 0 Å². The van der Waals surface area contributed by atoms with Crippen LogP contribution in [0.15, 0.2) is 54.6 Å². The van der Waals surface area contributed by atoms with Gasteiger partial charge in [0.15, 0.2) is 0 Å². The molecule has 1 aliphatic carbocycles. The van der Waals surface area contributed by atoms with Gasteiger partial charge in [-0.3, -0.25) is 9.59 Å². The number of rotatable bonds is 6. The molecule has 0 unspecified atom stereocenters. The lowest BCUT2D eigenvalue weighted by Crippen LogP contribution is -2.42. The first-order chi connectivity index (χ1) is 14.4. The molecule has 0 aliphatic heterocycles. The summed E-state index contributed by atoms with van der Waals surface area (Å²) in [5, 5.41) is 16.4. The summed E-state index contributed by atoms with van der Waals surface area (Å²) in [5.41, 5.74) is 1.10. The highest BCUT2D eigenvalue weighted by molar-refractivity contribution is 5.78. The van der Waals surface area contributed by atoms with E-state index in [0.29, 0.717) is 37.8 Å². The van der Waals surface area contributed by atoms with Crippen molar-refractivity contribution in [2.24, 2.45) is 0 Å². The number of hydrogen-bond donors (Lipinski definition) is 3. The molecule has 1 saturated carbocycles. The van der Waals surface area contributed by atoms with E-state index in [0.717, 1.165) is 5.56 Å². The fourth-order valence-corrected chi connectivity index (χ4v) is 4.31. The van der Waals surface area contributed by atoms with Gasteiger partial charge in [0.25, 0.3) is 0 Å². The first kappa shape index (κ1) is 22.0. The normalized spacial score (nSPS) is 24.0. The zero-order valence-electron chi connectivity index (χ0n) is 17.2. The number of benzene rings is 2. The van der Waals surface area contributed by atoms with Gasteiger partial charge in [-0.1, -0.05) is 48.5 Å². The van der Waals surface area contributed by atoms with E-state index in [1.807, 2.05) is 30.3 Å². The molecule has 1 aliphatic rings. The van der Waals surface area contributed by atoms with Gasteiger partial charge in [0.05, 0.1) is 18.6 Å². The van der Waals surface area contributed by atoms with Gasteiger partial charge < -0.3 is 15.7 Å². The smallest absolute Gasteiger partial charge is 0.224 e. The van der Waals surface area contributed by atoms with Crippen LogP contribution in [0.4, 0.5) is 4.39 Å². The molecule has 0 bridgehead atoms. The third-order valence-electron chi connectivity index (χ3n) is 6.02. The molecule has 0 heterocycles. The zero-order chi connectivity index (χ0) is 21.6. The maximum Gasteiger partial charge on any atom is 0.224 e. The van der Waals surface area contributed by atoms with Crippen LogP contribution in [-0.4, -0.2) is 35.6 Å². The second kappa shape index (κ2) is 9.85. The fourth-order valence-electron chi connectivity index (χ4n) is 4.31. The van der Waals surface area contributed by atoms with Gasteiger partial charge in [-0.25, -0.2) is 4.39 Å². The summed E-state index contributed by atoms with van der Waals surface area (Å²) in [6.45, 7) is 1.84. The highest BCUT2D eigenvalue weighted by Gasteiger charge is 2.38. The van der Waals surface area contributed by atoms with Crippen LogP contribution < -0.4 is 10.6 Å². The molecular formula is C24H29FN2O3. The molecule has 0 aromatic heterocycles. The average molecular weight is 413 g/mol. The van der Waals surface area contributed by atoms with Crippen LogP contribution in [0.2, 0.25) is 0 Å².